The zero-order chi connectivity index (χ0) is 10.6. The predicted molar refractivity (Wildman–Crippen MR) is 53.3 cm³/mol. The Bertz CT molecular complexity index is 296. The van der Waals surface area contributed by atoms with Crippen molar-refractivity contribution in [3.63, 3.8) is 0 Å². The van der Waals surface area contributed by atoms with Crippen LogP contribution < -0.4 is 0 Å². The molecule has 0 aromatic carbocycles. The van der Waals surface area contributed by atoms with Gasteiger partial charge in [0.1, 0.15) is 5.82 Å². The third-order valence-electron chi connectivity index (χ3n) is 2.18. The molecule has 0 spiro atoms. The van der Waals surface area contributed by atoms with Gasteiger partial charge in [-0.3, -0.25) is 4.79 Å². The molecule has 0 unspecified atom stereocenters. The molecule has 78 valence electrons. The Hall–Kier alpha value is -1.32. The number of carbonyl (C=O) groups is 1. The molecule has 4 nitrogen and oxygen atoms in total. The van der Waals surface area contributed by atoms with Crippen LogP contribution in [0, 0.1) is 0 Å². The molecule has 0 bridgehead atoms. The Morgan fingerprint density at radius 1 is 1.43 bits per heavy atom. The normalized spacial score (nSPS) is 10.4. The van der Waals surface area contributed by atoms with Gasteiger partial charge in [-0.1, -0.05) is 13.8 Å². The number of aryl methyl sites for hydroxylation is 3. The van der Waals surface area contributed by atoms with Gasteiger partial charge in [0.25, 0.3) is 0 Å². The Morgan fingerprint density at radius 3 is 2.57 bits per heavy atom. The molecule has 1 rings (SSSR count). The number of nitrogens with one attached hydrogen (secondary N) is 1. The van der Waals surface area contributed by atoms with Gasteiger partial charge >= 0.3 is 5.97 Å². The second-order valence-corrected chi connectivity index (χ2v) is 3.21. The van der Waals surface area contributed by atoms with Gasteiger partial charge < -0.3 is 10.1 Å². The van der Waals surface area contributed by atoms with Gasteiger partial charge in [-0.2, -0.15) is 0 Å². The van der Waals surface area contributed by atoms with Crippen molar-refractivity contribution in [2.45, 2.75) is 39.5 Å². The fourth-order valence-electron chi connectivity index (χ4n) is 1.43. The first-order valence-corrected chi connectivity index (χ1v) is 4.95. The summed E-state index contributed by atoms with van der Waals surface area (Å²) < 4.78 is 0. The van der Waals surface area contributed by atoms with E-state index in [1.54, 1.807) is 0 Å². The lowest BCUT2D eigenvalue weighted by atomic mass is 10.2. The van der Waals surface area contributed by atoms with E-state index in [1.165, 1.54) is 0 Å². The zero-order valence-electron chi connectivity index (χ0n) is 8.63. The fraction of sp³-hybridized carbons (Fsp3) is 0.600. The van der Waals surface area contributed by atoms with E-state index in [4.69, 9.17) is 5.11 Å². The van der Waals surface area contributed by atoms with Crippen molar-refractivity contribution in [3.8, 4) is 0 Å². The highest BCUT2D eigenvalue weighted by molar-refractivity contribution is 5.66. The Morgan fingerprint density at radius 2 is 2.14 bits per heavy atom. The SMILES string of the molecule is CCc1nc(CCC(=O)O)[nH]c1CC. The minimum absolute atomic E-state index is 0.139. The third-order valence-corrected chi connectivity index (χ3v) is 2.18. The monoisotopic (exact) mass is 196 g/mol. The van der Waals surface area contributed by atoms with E-state index < -0.39 is 5.97 Å². The number of aromatic nitrogens is 2. The quantitative estimate of drug-likeness (QED) is 0.750. The van der Waals surface area contributed by atoms with Crippen LogP contribution >= 0.6 is 0 Å². The number of aliphatic carboxylic acids is 1. The van der Waals surface area contributed by atoms with Crippen LogP contribution in [0.1, 0.15) is 37.5 Å². The number of nitrogens with zero attached hydrogens (tertiary/aromatic N) is 1. The first-order chi connectivity index (χ1) is 6.67. The molecule has 0 radical (unpaired) electrons. The number of imidazole rings is 1. The first kappa shape index (κ1) is 10.8. The van der Waals surface area contributed by atoms with Gasteiger partial charge in [0.15, 0.2) is 0 Å². The smallest absolute Gasteiger partial charge is 0.303 e. The summed E-state index contributed by atoms with van der Waals surface area (Å²) in [7, 11) is 0. The number of aromatic amines is 1. The van der Waals surface area contributed by atoms with E-state index in [-0.39, 0.29) is 6.42 Å². The van der Waals surface area contributed by atoms with Crippen LogP contribution in [0.5, 0.6) is 0 Å². The third kappa shape index (κ3) is 2.58. The lowest BCUT2D eigenvalue weighted by Gasteiger charge is -1.92. The summed E-state index contributed by atoms with van der Waals surface area (Å²) in [5.74, 6) is 0.0126. The maximum Gasteiger partial charge on any atom is 0.303 e. The summed E-state index contributed by atoms with van der Waals surface area (Å²) in [4.78, 5) is 17.9. The molecule has 0 aliphatic rings. The van der Waals surface area contributed by atoms with E-state index in [0.717, 1.165) is 30.1 Å². The van der Waals surface area contributed by atoms with E-state index in [1.807, 2.05) is 0 Å². The van der Waals surface area contributed by atoms with Crippen LogP contribution in [-0.2, 0) is 24.1 Å². The standard InChI is InChI=1S/C10H16N2O2/c1-3-7-8(4-2)12-9(11-7)5-6-10(13)14/h3-6H2,1-2H3,(H,11,12)(H,13,14). The van der Waals surface area contributed by atoms with Crippen molar-refractivity contribution in [1.82, 2.24) is 9.97 Å². The highest BCUT2D eigenvalue weighted by Crippen LogP contribution is 2.09. The lowest BCUT2D eigenvalue weighted by Crippen LogP contribution is -1.98. The molecule has 0 atom stereocenters. The number of rotatable bonds is 5. The van der Waals surface area contributed by atoms with Crippen LogP contribution in [0.25, 0.3) is 0 Å². The van der Waals surface area contributed by atoms with Crippen molar-refractivity contribution < 1.29 is 9.90 Å². The van der Waals surface area contributed by atoms with E-state index in [2.05, 4.69) is 23.8 Å². The molecular formula is C10H16N2O2. The minimum atomic E-state index is -0.780. The van der Waals surface area contributed by atoms with Crippen molar-refractivity contribution in [2.24, 2.45) is 0 Å². The van der Waals surface area contributed by atoms with Crippen LogP contribution in [0.2, 0.25) is 0 Å². The highest BCUT2D eigenvalue weighted by atomic mass is 16.4. The van der Waals surface area contributed by atoms with Gasteiger partial charge in [-0.15, -0.1) is 0 Å². The molecule has 0 aliphatic carbocycles. The molecule has 14 heavy (non-hydrogen) atoms. The molecule has 1 aromatic rings. The molecule has 0 saturated carbocycles. The number of H-pyrrole nitrogens is 1. The average molecular weight is 196 g/mol. The number of carboxylic acid groups (broad SMARTS) is 1. The van der Waals surface area contributed by atoms with E-state index >= 15 is 0 Å². The van der Waals surface area contributed by atoms with Gasteiger partial charge in [0, 0.05) is 12.1 Å². The summed E-state index contributed by atoms with van der Waals surface area (Å²) in [6.07, 6.45) is 2.44. The second kappa shape index (κ2) is 4.79. The second-order valence-electron chi connectivity index (χ2n) is 3.21. The Kier molecular flexibility index (Phi) is 3.68. The molecule has 0 saturated heterocycles. The van der Waals surface area contributed by atoms with Crippen LogP contribution in [0.3, 0.4) is 0 Å². The van der Waals surface area contributed by atoms with E-state index in [9.17, 15) is 4.79 Å². The maximum absolute atomic E-state index is 10.4. The van der Waals surface area contributed by atoms with Gasteiger partial charge in [0.05, 0.1) is 12.1 Å². The molecule has 0 fully saturated rings. The number of hydrogen-bond acceptors (Lipinski definition) is 2. The van der Waals surface area contributed by atoms with Gasteiger partial charge in [-0.05, 0) is 12.8 Å². The van der Waals surface area contributed by atoms with Gasteiger partial charge in [0.2, 0.25) is 0 Å². The first-order valence-electron chi connectivity index (χ1n) is 4.95. The van der Waals surface area contributed by atoms with Crippen LogP contribution in [0.4, 0.5) is 0 Å². The largest absolute Gasteiger partial charge is 0.481 e. The predicted octanol–water partition coefficient (Wildman–Crippen LogP) is 1.55. The fourth-order valence-corrected chi connectivity index (χ4v) is 1.43. The van der Waals surface area contributed by atoms with Crippen molar-refractivity contribution >= 4 is 5.97 Å². The Balaban J connectivity index is 2.69. The van der Waals surface area contributed by atoms with Crippen molar-refractivity contribution in [3.05, 3.63) is 17.2 Å². The summed E-state index contributed by atoms with van der Waals surface area (Å²) in [6.45, 7) is 4.12. The molecule has 0 aliphatic heterocycles. The lowest BCUT2D eigenvalue weighted by molar-refractivity contribution is -0.137. The zero-order valence-corrected chi connectivity index (χ0v) is 8.63. The van der Waals surface area contributed by atoms with Crippen molar-refractivity contribution in [2.75, 3.05) is 0 Å². The Labute approximate surface area is 83.4 Å². The van der Waals surface area contributed by atoms with Gasteiger partial charge in [-0.25, -0.2) is 4.98 Å². The van der Waals surface area contributed by atoms with Crippen molar-refractivity contribution in [1.29, 1.82) is 0 Å². The van der Waals surface area contributed by atoms with Crippen LogP contribution in [0.15, 0.2) is 0 Å². The maximum atomic E-state index is 10.4. The molecule has 0 amide bonds. The molecule has 1 heterocycles. The molecule has 1 aromatic heterocycles. The summed E-state index contributed by atoms with van der Waals surface area (Å²) >= 11 is 0. The highest BCUT2D eigenvalue weighted by Gasteiger charge is 2.07. The summed E-state index contributed by atoms with van der Waals surface area (Å²) in [5.41, 5.74) is 2.20. The summed E-state index contributed by atoms with van der Waals surface area (Å²) in [5, 5.41) is 8.52. The summed E-state index contributed by atoms with van der Waals surface area (Å²) in [6, 6.07) is 0. The molecular weight excluding hydrogens is 180 g/mol. The number of carboxylic acids is 1. The van der Waals surface area contributed by atoms with Crippen LogP contribution in [-0.4, -0.2) is 21.0 Å². The minimum Gasteiger partial charge on any atom is -0.481 e. The molecule has 4 heteroatoms. The number of hydrogen-bond donors (Lipinski definition) is 2. The average Bonchev–Trinajstić information content (AvgIpc) is 2.57. The topological polar surface area (TPSA) is 66.0 Å². The molecule has 2 N–H and O–H groups in total. The van der Waals surface area contributed by atoms with E-state index in [0.29, 0.717) is 6.42 Å².